The van der Waals surface area contributed by atoms with E-state index in [0.29, 0.717) is 0 Å². The van der Waals surface area contributed by atoms with Crippen molar-refractivity contribution in [3.63, 3.8) is 0 Å². The van der Waals surface area contributed by atoms with Crippen LogP contribution in [0.3, 0.4) is 0 Å². The van der Waals surface area contributed by atoms with E-state index in [1.807, 2.05) is 118 Å². The smallest absolute Gasteiger partial charge is 0.143 e. The minimum atomic E-state index is 0. The van der Waals surface area contributed by atoms with Crippen molar-refractivity contribution in [2.45, 2.75) is 11.8 Å². The van der Waals surface area contributed by atoms with E-state index >= 15 is 0 Å². The molecule has 0 saturated heterocycles. The Morgan fingerprint density at radius 3 is 1.46 bits per heavy atom. The fourth-order valence-corrected chi connectivity index (χ4v) is 3.42. The van der Waals surface area contributed by atoms with Crippen molar-refractivity contribution in [1.29, 1.82) is 0 Å². The minimum Gasteiger partial charge on any atom is -0.143 e. The molecule has 0 atom stereocenters. The average molecular weight is 532 g/mol. The van der Waals surface area contributed by atoms with Crippen LogP contribution < -0.4 is 0 Å². The molecule has 2 heteroatoms. The summed E-state index contributed by atoms with van der Waals surface area (Å²) in [5.41, 5.74) is 6.02. The summed E-state index contributed by atoms with van der Waals surface area (Å²) in [4.78, 5) is 0.935. The standard InChI is InChI=1S/C30H19S.C5H5.Fe/c1-23-22-28(13-12-27-16-20-30(31)21-17-27)15-19-29(23)18-14-26-10-8-25(9-11-26)7-6-24-4-2-3-5-24;1-2-4-5-3-1;/h2-5,8-11,15-17,19-22,31H,1H3;1-5H;/q;;+2. The molecule has 3 aromatic rings. The third-order valence-corrected chi connectivity index (χ3v) is 5.54. The predicted molar refractivity (Wildman–Crippen MR) is 152 cm³/mol. The molecule has 10 radical (unpaired) electrons. The Labute approximate surface area is 239 Å². The Morgan fingerprint density at radius 2 is 0.919 bits per heavy atom. The molecule has 2 fully saturated rings. The molecule has 2 saturated carbocycles. The molecule has 2 aliphatic carbocycles. The van der Waals surface area contributed by atoms with Gasteiger partial charge in [-0.3, -0.25) is 0 Å². The van der Waals surface area contributed by atoms with Gasteiger partial charge in [0.05, 0.1) is 5.92 Å². The number of hydrogen-bond donors (Lipinski definition) is 1. The molecule has 0 bridgehead atoms. The molecule has 37 heavy (non-hydrogen) atoms. The van der Waals surface area contributed by atoms with Crippen LogP contribution in [-0.2, 0) is 17.1 Å². The Balaban J connectivity index is 0.000000568. The Kier molecular flexibility index (Phi) is 12.0. The van der Waals surface area contributed by atoms with Gasteiger partial charge in [0.25, 0.3) is 0 Å². The molecule has 0 unspecified atom stereocenters. The van der Waals surface area contributed by atoms with E-state index in [9.17, 15) is 0 Å². The number of thiol groups is 1. The second-order valence-corrected chi connectivity index (χ2v) is 8.56. The maximum Gasteiger partial charge on any atom is 2.00 e. The van der Waals surface area contributed by atoms with E-state index in [2.05, 4.69) is 61.1 Å². The van der Waals surface area contributed by atoms with E-state index in [-0.39, 0.29) is 17.1 Å². The van der Waals surface area contributed by atoms with Crippen LogP contribution in [0.15, 0.2) is 71.6 Å². The third-order valence-electron chi connectivity index (χ3n) is 5.24. The zero-order chi connectivity index (χ0) is 25.0. The molecule has 0 amide bonds. The summed E-state index contributed by atoms with van der Waals surface area (Å²) in [5.74, 6) is 20.3. The number of rotatable bonds is 0. The molecule has 2 aliphatic rings. The van der Waals surface area contributed by atoms with Crippen molar-refractivity contribution in [2.75, 3.05) is 0 Å². The van der Waals surface area contributed by atoms with Crippen molar-refractivity contribution >= 4 is 12.6 Å². The fourth-order valence-electron chi connectivity index (χ4n) is 3.27. The minimum absolute atomic E-state index is 0. The van der Waals surface area contributed by atoms with Gasteiger partial charge in [-0.25, -0.2) is 0 Å². The molecule has 0 nitrogen and oxygen atoms in total. The first kappa shape index (κ1) is 28.8. The zero-order valence-corrected chi connectivity index (χ0v) is 22.3. The van der Waals surface area contributed by atoms with Gasteiger partial charge in [-0.2, -0.15) is 0 Å². The average Bonchev–Trinajstić information content (AvgIpc) is 3.65. The van der Waals surface area contributed by atoms with Gasteiger partial charge < -0.3 is 0 Å². The Morgan fingerprint density at radius 1 is 0.486 bits per heavy atom. The van der Waals surface area contributed by atoms with E-state index < -0.39 is 0 Å². The first-order valence-corrected chi connectivity index (χ1v) is 12.0. The molecule has 5 rings (SSSR count). The van der Waals surface area contributed by atoms with Gasteiger partial charge in [0.2, 0.25) is 0 Å². The van der Waals surface area contributed by atoms with Crippen LogP contribution in [0.1, 0.15) is 33.4 Å². The molecular formula is C35H24FeS+2. The number of benzene rings is 3. The molecule has 3 aromatic carbocycles. The van der Waals surface area contributed by atoms with E-state index in [1.54, 1.807) is 0 Å². The summed E-state index contributed by atoms with van der Waals surface area (Å²) in [5, 5.41) is 0. The first-order chi connectivity index (χ1) is 17.7. The molecule has 0 aliphatic heterocycles. The van der Waals surface area contributed by atoms with Gasteiger partial charge in [0.1, 0.15) is 0 Å². The normalized spacial score (nSPS) is 13.9. The summed E-state index contributed by atoms with van der Waals surface area (Å²) in [7, 11) is 0. The second-order valence-electron chi connectivity index (χ2n) is 8.04. The van der Waals surface area contributed by atoms with Crippen LogP contribution >= 0.6 is 12.6 Å². The van der Waals surface area contributed by atoms with Gasteiger partial charge in [0, 0.05) is 32.7 Å². The second kappa shape index (κ2) is 15.5. The fraction of sp³-hybridized carbons (Fsp3) is 0.0286. The Bertz CT molecular complexity index is 1310. The monoisotopic (exact) mass is 532 g/mol. The molecular weight excluding hydrogens is 508 g/mol. The van der Waals surface area contributed by atoms with Gasteiger partial charge in [0.15, 0.2) is 0 Å². The van der Waals surface area contributed by atoms with Crippen LogP contribution in [0.5, 0.6) is 0 Å². The molecule has 0 heterocycles. The van der Waals surface area contributed by atoms with Crippen molar-refractivity contribution < 1.29 is 17.1 Å². The number of aryl methyl sites for hydroxylation is 1. The third kappa shape index (κ3) is 9.88. The van der Waals surface area contributed by atoms with Crippen molar-refractivity contribution in [1.82, 2.24) is 0 Å². The maximum absolute atomic E-state index is 4.30. The van der Waals surface area contributed by atoms with Crippen molar-refractivity contribution in [3.05, 3.63) is 164 Å². The van der Waals surface area contributed by atoms with E-state index in [0.717, 1.165) is 44.2 Å². The first-order valence-electron chi connectivity index (χ1n) is 11.6. The summed E-state index contributed by atoms with van der Waals surface area (Å²) in [6.07, 6.45) is 18.0. The van der Waals surface area contributed by atoms with Gasteiger partial charge in [-0.05, 0) is 137 Å². The quantitative estimate of drug-likeness (QED) is 0.183. The Hall–Kier alpha value is -2.79. The van der Waals surface area contributed by atoms with Crippen LogP contribution in [0.4, 0.5) is 0 Å². The van der Waals surface area contributed by atoms with Gasteiger partial charge in [-0.15, -0.1) is 12.6 Å². The summed E-state index contributed by atoms with van der Waals surface area (Å²) >= 11 is 4.30. The van der Waals surface area contributed by atoms with Crippen LogP contribution in [0, 0.1) is 106 Å². The van der Waals surface area contributed by atoms with Crippen LogP contribution in [-0.4, -0.2) is 0 Å². The number of hydrogen-bond acceptors (Lipinski definition) is 1. The maximum atomic E-state index is 4.30. The van der Waals surface area contributed by atoms with Gasteiger partial charge >= 0.3 is 17.1 Å². The predicted octanol–water partition coefficient (Wildman–Crippen LogP) is 6.86. The molecule has 0 spiro atoms. The largest absolute Gasteiger partial charge is 2.00 e. The van der Waals surface area contributed by atoms with E-state index in [4.69, 9.17) is 0 Å². The van der Waals surface area contributed by atoms with E-state index in [1.165, 1.54) is 0 Å². The SMILES string of the molecule is Cc1cc(C#Cc2ccc(S)cc2)ccc1C#Cc1ccc(C#C[C]2[CH][CH][CH][CH]2)cc1.[CH]1[CH][CH][CH][CH]1.[Fe+2]. The summed E-state index contributed by atoms with van der Waals surface area (Å²) in [6, 6.07) is 22.0. The van der Waals surface area contributed by atoms with Crippen LogP contribution in [0.2, 0.25) is 0 Å². The summed E-state index contributed by atoms with van der Waals surface area (Å²) < 4.78 is 0. The van der Waals surface area contributed by atoms with Gasteiger partial charge in [-0.1, -0.05) is 35.5 Å². The van der Waals surface area contributed by atoms with Crippen LogP contribution in [0.25, 0.3) is 0 Å². The van der Waals surface area contributed by atoms with Crippen molar-refractivity contribution in [2.24, 2.45) is 0 Å². The van der Waals surface area contributed by atoms with Crippen molar-refractivity contribution in [3.8, 4) is 35.5 Å². The molecule has 176 valence electrons. The zero-order valence-electron chi connectivity index (χ0n) is 20.3. The summed E-state index contributed by atoms with van der Waals surface area (Å²) in [6.45, 7) is 2.06. The molecule has 0 N–H and O–H groups in total. The topological polar surface area (TPSA) is 0 Å². The molecule has 0 aromatic heterocycles.